The zero-order valence-electron chi connectivity index (χ0n) is 17.6. The van der Waals surface area contributed by atoms with Crippen LogP contribution in [0.2, 0.25) is 0 Å². The molecule has 1 atom stereocenters. The van der Waals surface area contributed by atoms with Crippen molar-refractivity contribution in [1.82, 2.24) is 10.2 Å². The summed E-state index contributed by atoms with van der Waals surface area (Å²) in [7, 11) is 0. The fourth-order valence-electron chi connectivity index (χ4n) is 3.10. The van der Waals surface area contributed by atoms with E-state index in [1.165, 1.54) is 5.56 Å². The van der Waals surface area contributed by atoms with E-state index in [2.05, 4.69) is 52.4 Å². The summed E-state index contributed by atoms with van der Waals surface area (Å²) in [4.78, 5) is 27.4. The van der Waals surface area contributed by atoms with Crippen LogP contribution in [0.5, 0.6) is 0 Å². The zero-order chi connectivity index (χ0) is 21.2. The Hall–Kier alpha value is -2.14. The van der Waals surface area contributed by atoms with Crippen molar-refractivity contribution in [3.63, 3.8) is 0 Å². The number of carbonyl (C=O) groups is 2. The Morgan fingerprint density at radius 2 is 1.83 bits per heavy atom. The van der Waals surface area contributed by atoms with Crippen LogP contribution in [0, 0.1) is 6.92 Å². The van der Waals surface area contributed by atoms with E-state index in [0.717, 1.165) is 28.4 Å². The molecule has 1 unspecified atom stereocenters. The van der Waals surface area contributed by atoms with Gasteiger partial charge in [0, 0.05) is 24.0 Å². The minimum absolute atomic E-state index is 0.0105. The van der Waals surface area contributed by atoms with Crippen molar-refractivity contribution in [3.8, 4) is 0 Å². The molecule has 0 aliphatic rings. The number of rotatable bonds is 10. The molecule has 2 aromatic carbocycles. The number of hydrogen-bond acceptors (Lipinski definition) is 2. The lowest BCUT2D eigenvalue weighted by molar-refractivity contribution is -0.140. The monoisotopic (exact) mass is 458 g/mol. The van der Waals surface area contributed by atoms with E-state index in [1.54, 1.807) is 4.90 Å². The number of carbonyl (C=O) groups excluding carboxylic acids is 2. The molecular weight excluding hydrogens is 428 g/mol. The van der Waals surface area contributed by atoms with Gasteiger partial charge in [-0.1, -0.05) is 71.2 Å². The number of halogens is 1. The predicted octanol–water partition coefficient (Wildman–Crippen LogP) is 5.02. The quantitative estimate of drug-likeness (QED) is 0.507. The molecule has 2 aromatic rings. The van der Waals surface area contributed by atoms with E-state index in [1.807, 2.05) is 38.1 Å². The van der Waals surface area contributed by atoms with E-state index in [-0.39, 0.29) is 11.8 Å². The summed E-state index contributed by atoms with van der Waals surface area (Å²) in [6, 6.07) is 15.6. The largest absolute Gasteiger partial charge is 0.354 e. The Kier molecular flexibility index (Phi) is 9.39. The Balaban J connectivity index is 2.10. The highest BCUT2D eigenvalue weighted by molar-refractivity contribution is 9.10. The average molecular weight is 459 g/mol. The molecule has 29 heavy (non-hydrogen) atoms. The van der Waals surface area contributed by atoms with Crippen molar-refractivity contribution in [1.29, 1.82) is 0 Å². The number of nitrogens with zero attached hydrogens (tertiary/aromatic N) is 1. The topological polar surface area (TPSA) is 49.4 Å². The van der Waals surface area contributed by atoms with E-state index < -0.39 is 6.04 Å². The van der Waals surface area contributed by atoms with Gasteiger partial charge in [0.25, 0.3) is 0 Å². The van der Waals surface area contributed by atoms with Gasteiger partial charge in [-0.3, -0.25) is 9.59 Å². The van der Waals surface area contributed by atoms with Gasteiger partial charge in [0.15, 0.2) is 0 Å². The number of benzene rings is 2. The first kappa shape index (κ1) is 23.1. The highest BCUT2D eigenvalue weighted by atomic mass is 79.9. The third kappa shape index (κ3) is 7.65. The van der Waals surface area contributed by atoms with Crippen molar-refractivity contribution >= 4 is 27.7 Å². The second-order valence-corrected chi connectivity index (χ2v) is 8.37. The number of hydrogen-bond donors (Lipinski definition) is 1. The highest BCUT2D eigenvalue weighted by Crippen LogP contribution is 2.17. The summed E-state index contributed by atoms with van der Waals surface area (Å²) in [6.07, 6.45) is 3.00. The maximum atomic E-state index is 13.1. The second kappa shape index (κ2) is 11.8. The molecule has 0 saturated carbocycles. The van der Waals surface area contributed by atoms with Crippen LogP contribution < -0.4 is 5.32 Å². The van der Waals surface area contributed by atoms with Gasteiger partial charge in [0.2, 0.25) is 11.8 Å². The number of amides is 2. The van der Waals surface area contributed by atoms with Crippen LogP contribution in [0.3, 0.4) is 0 Å². The van der Waals surface area contributed by atoms with Crippen LogP contribution in [0.4, 0.5) is 0 Å². The van der Waals surface area contributed by atoms with Gasteiger partial charge in [-0.05, 0) is 49.9 Å². The van der Waals surface area contributed by atoms with Crippen LogP contribution in [0.15, 0.2) is 53.0 Å². The van der Waals surface area contributed by atoms with Gasteiger partial charge < -0.3 is 10.2 Å². The molecule has 0 saturated heterocycles. The summed E-state index contributed by atoms with van der Waals surface area (Å²) in [5, 5.41) is 2.95. The molecule has 156 valence electrons. The second-order valence-electron chi connectivity index (χ2n) is 7.46. The molecule has 0 radical (unpaired) electrons. The van der Waals surface area contributed by atoms with E-state index in [9.17, 15) is 9.59 Å². The molecule has 0 bridgehead atoms. The lowest BCUT2D eigenvalue weighted by Gasteiger charge is -2.29. The predicted molar refractivity (Wildman–Crippen MR) is 122 cm³/mol. The normalized spacial score (nSPS) is 11.7. The van der Waals surface area contributed by atoms with Crippen LogP contribution in [-0.4, -0.2) is 29.3 Å². The molecule has 0 aliphatic heterocycles. The maximum Gasteiger partial charge on any atom is 0.242 e. The van der Waals surface area contributed by atoms with Crippen molar-refractivity contribution in [2.75, 3.05) is 6.54 Å². The van der Waals surface area contributed by atoms with E-state index >= 15 is 0 Å². The molecule has 1 N–H and O–H groups in total. The van der Waals surface area contributed by atoms with Gasteiger partial charge in [0.1, 0.15) is 6.04 Å². The molecule has 0 aliphatic carbocycles. The minimum Gasteiger partial charge on any atom is -0.354 e. The molecule has 0 heterocycles. The Morgan fingerprint density at radius 3 is 2.48 bits per heavy atom. The Bertz CT molecular complexity index is 805. The summed E-state index contributed by atoms with van der Waals surface area (Å²) >= 11 is 3.48. The first-order chi connectivity index (χ1) is 13.9. The zero-order valence-corrected chi connectivity index (χ0v) is 19.2. The third-order valence-corrected chi connectivity index (χ3v) is 5.48. The van der Waals surface area contributed by atoms with E-state index in [0.29, 0.717) is 25.9 Å². The van der Waals surface area contributed by atoms with Crippen LogP contribution >= 0.6 is 15.9 Å². The molecule has 4 nitrogen and oxygen atoms in total. The summed E-state index contributed by atoms with van der Waals surface area (Å²) in [6.45, 7) is 7.00. The Morgan fingerprint density at radius 1 is 1.10 bits per heavy atom. The van der Waals surface area contributed by atoms with Gasteiger partial charge >= 0.3 is 0 Å². The fourth-order valence-corrected chi connectivity index (χ4v) is 3.55. The van der Waals surface area contributed by atoms with Crippen molar-refractivity contribution in [2.24, 2.45) is 0 Å². The molecule has 0 spiro atoms. The highest BCUT2D eigenvalue weighted by Gasteiger charge is 2.25. The van der Waals surface area contributed by atoms with Crippen molar-refractivity contribution in [3.05, 3.63) is 69.7 Å². The molecule has 0 aromatic heterocycles. The smallest absolute Gasteiger partial charge is 0.242 e. The average Bonchev–Trinajstić information content (AvgIpc) is 2.71. The third-order valence-electron chi connectivity index (χ3n) is 4.99. The lowest BCUT2D eigenvalue weighted by Crippen LogP contribution is -2.47. The van der Waals surface area contributed by atoms with Crippen LogP contribution in [0.25, 0.3) is 0 Å². The fraction of sp³-hybridized carbons (Fsp3) is 0.417. The summed E-state index contributed by atoms with van der Waals surface area (Å²) in [5.74, 6) is -0.110. The first-order valence-electron chi connectivity index (χ1n) is 10.3. The number of unbranched alkanes of at least 4 members (excludes halogenated alkanes) is 1. The minimum atomic E-state index is -0.517. The summed E-state index contributed by atoms with van der Waals surface area (Å²) in [5.41, 5.74) is 3.33. The number of nitrogens with one attached hydrogen (secondary N) is 1. The number of aryl methyl sites for hydroxylation is 2. The molecule has 2 amide bonds. The molecular formula is C24H31BrN2O2. The molecule has 2 rings (SSSR count). The SMILES string of the molecule is CCCCNC(=O)C(C)N(Cc1cccc(Br)c1)C(=O)CCc1ccc(C)cc1. The maximum absolute atomic E-state index is 13.1. The van der Waals surface area contributed by atoms with Gasteiger partial charge in [0.05, 0.1) is 0 Å². The van der Waals surface area contributed by atoms with Crippen molar-refractivity contribution in [2.45, 2.75) is 59.0 Å². The van der Waals surface area contributed by atoms with Gasteiger partial charge in [-0.2, -0.15) is 0 Å². The van der Waals surface area contributed by atoms with E-state index in [4.69, 9.17) is 0 Å². The van der Waals surface area contributed by atoms with Crippen LogP contribution in [0.1, 0.15) is 49.8 Å². The standard InChI is InChI=1S/C24H31BrN2O2/c1-4-5-15-26-24(29)19(3)27(17-21-7-6-8-22(25)16-21)23(28)14-13-20-11-9-18(2)10-12-20/h6-12,16,19H,4-5,13-15,17H2,1-3H3,(H,26,29). The van der Waals surface area contributed by atoms with Gasteiger partial charge in [-0.25, -0.2) is 0 Å². The Labute approximate surface area is 182 Å². The van der Waals surface area contributed by atoms with Crippen molar-refractivity contribution < 1.29 is 9.59 Å². The molecule has 5 heteroatoms. The summed E-state index contributed by atoms with van der Waals surface area (Å²) < 4.78 is 0.960. The van der Waals surface area contributed by atoms with Gasteiger partial charge in [-0.15, -0.1) is 0 Å². The molecule has 0 fully saturated rings. The van der Waals surface area contributed by atoms with Crippen LogP contribution in [-0.2, 0) is 22.6 Å². The lowest BCUT2D eigenvalue weighted by atomic mass is 10.1. The first-order valence-corrected chi connectivity index (χ1v) is 11.1.